The zero-order chi connectivity index (χ0) is 29.8. The van der Waals surface area contributed by atoms with E-state index in [9.17, 15) is 39.6 Å². The Balaban J connectivity index is 1.52. The van der Waals surface area contributed by atoms with Gasteiger partial charge in [-0.05, 0) is 53.6 Å². The monoisotopic (exact) mass is 563 g/mol. The Bertz CT molecular complexity index is 1560. The third-order valence-corrected chi connectivity index (χ3v) is 8.10. The lowest BCUT2D eigenvalue weighted by molar-refractivity contribution is -0.144. The van der Waals surface area contributed by atoms with Gasteiger partial charge in [0.15, 0.2) is 11.4 Å². The summed E-state index contributed by atoms with van der Waals surface area (Å²) in [6.45, 7) is 0.0229. The first-order valence-corrected chi connectivity index (χ1v) is 12.9. The Labute approximate surface area is 234 Å². The number of hydrogen-bond donors (Lipinski definition) is 6. The molecular weight excluding hydrogens is 534 g/mol. The number of carbonyl (C=O) groups excluding carboxylic acids is 4. The molecule has 3 atom stereocenters. The second-order valence-electron chi connectivity index (χ2n) is 10.5. The SMILES string of the molecule is CON(C)CC(=O)Nc1ccc(-c2ccc(O)c3c2C[C@H]2C[C@H]4CC(O)=C(C(N)=O)C(=O)[C@@]4(O)C(O)=C2C3=O)cc1. The zero-order valence-corrected chi connectivity index (χ0v) is 22.3. The van der Waals surface area contributed by atoms with Crippen LogP contribution in [0.5, 0.6) is 5.75 Å². The van der Waals surface area contributed by atoms with E-state index in [4.69, 9.17) is 10.6 Å². The highest BCUT2D eigenvalue weighted by molar-refractivity contribution is 6.24. The maximum absolute atomic E-state index is 13.7. The smallest absolute Gasteiger partial charge is 0.255 e. The van der Waals surface area contributed by atoms with Crippen molar-refractivity contribution in [1.29, 1.82) is 0 Å². The van der Waals surface area contributed by atoms with Crippen LogP contribution < -0.4 is 11.1 Å². The Morgan fingerprint density at radius 2 is 1.78 bits per heavy atom. The van der Waals surface area contributed by atoms with Crippen molar-refractivity contribution in [2.45, 2.75) is 24.9 Å². The number of aliphatic hydroxyl groups is 3. The molecule has 3 aliphatic carbocycles. The number of benzene rings is 2. The summed E-state index contributed by atoms with van der Waals surface area (Å²) in [5.74, 6) is -7.01. The second kappa shape index (κ2) is 10.1. The number of nitrogens with one attached hydrogen (secondary N) is 1. The molecule has 12 nitrogen and oxygen atoms in total. The number of likely N-dealkylation sites (N-methyl/N-ethyl adjacent to an activating group) is 1. The number of ketones is 2. The van der Waals surface area contributed by atoms with Gasteiger partial charge in [-0.3, -0.25) is 19.2 Å². The first-order chi connectivity index (χ1) is 19.4. The van der Waals surface area contributed by atoms with E-state index in [2.05, 4.69) is 5.32 Å². The van der Waals surface area contributed by atoms with Crippen molar-refractivity contribution in [3.8, 4) is 16.9 Å². The van der Waals surface area contributed by atoms with E-state index in [1.165, 1.54) is 18.2 Å². The number of phenolic OH excluding ortho intramolecular Hbond substituents is 1. The molecule has 0 spiro atoms. The number of rotatable bonds is 6. The number of nitrogens with zero attached hydrogens (tertiary/aromatic N) is 1. The quantitative estimate of drug-likeness (QED) is 0.222. The number of anilines is 1. The number of amides is 2. The van der Waals surface area contributed by atoms with Gasteiger partial charge in [0, 0.05) is 30.6 Å². The fraction of sp³-hybridized carbons (Fsp3) is 0.310. The summed E-state index contributed by atoms with van der Waals surface area (Å²) >= 11 is 0. The highest BCUT2D eigenvalue weighted by Gasteiger charge is 2.59. The molecule has 214 valence electrons. The van der Waals surface area contributed by atoms with Gasteiger partial charge in [0.25, 0.3) is 5.91 Å². The molecule has 2 aromatic rings. The van der Waals surface area contributed by atoms with Crippen LogP contribution in [0.25, 0.3) is 11.1 Å². The minimum atomic E-state index is -2.61. The summed E-state index contributed by atoms with van der Waals surface area (Å²) in [7, 11) is 3.07. The molecule has 0 heterocycles. The number of allylic oxidation sites excluding steroid dienone is 2. The van der Waals surface area contributed by atoms with Crippen molar-refractivity contribution < 1.29 is 44.4 Å². The predicted octanol–water partition coefficient (Wildman–Crippen LogP) is 1.68. The topological polar surface area (TPSA) is 200 Å². The highest BCUT2D eigenvalue weighted by Crippen LogP contribution is 2.52. The van der Waals surface area contributed by atoms with E-state index in [-0.39, 0.29) is 48.6 Å². The lowest BCUT2D eigenvalue weighted by atomic mass is 9.60. The van der Waals surface area contributed by atoms with E-state index in [0.29, 0.717) is 22.4 Å². The van der Waals surface area contributed by atoms with Crippen molar-refractivity contribution in [2.75, 3.05) is 26.0 Å². The van der Waals surface area contributed by atoms with E-state index in [1.807, 2.05) is 0 Å². The standard InChI is InChI=1S/C29H29N3O9/c1-32(41-2)12-21(35)31-16-5-3-13(4-6-16)17-7-8-19(33)23-18(17)10-14-9-15-11-20(34)24(28(30)39)27(38)29(15,40)26(37)22(14)25(23)36/h3-8,14-15,33-34,37,40H,9-12H2,1-2H3,(H2,30,39)(H,31,35)/t14-,15+,29+/m1/s1. The van der Waals surface area contributed by atoms with Crippen molar-refractivity contribution >= 4 is 29.1 Å². The number of fused-ring (bicyclic) bond motifs is 3. The number of aromatic hydroxyl groups is 1. The summed E-state index contributed by atoms with van der Waals surface area (Å²) in [6.07, 6.45) is -0.0749. The molecule has 0 saturated carbocycles. The third-order valence-electron chi connectivity index (χ3n) is 8.10. The molecule has 0 bridgehead atoms. The van der Waals surface area contributed by atoms with Gasteiger partial charge in [0.2, 0.25) is 11.7 Å². The molecule has 5 rings (SSSR count). The summed E-state index contributed by atoms with van der Waals surface area (Å²) in [5.41, 5.74) is 3.91. The molecule has 0 saturated heterocycles. The second-order valence-corrected chi connectivity index (χ2v) is 10.5. The first-order valence-electron chi connectivity index (χ1n) is 12.9. The normalized spacial score (nSPS) is 23.7. The molecular formula is C29H29N3O9. The van der Waals surface area contributed by atoms with Crippen LogP contribution in [-0.4, -0.2) is 75.2 Å². The predicted molar refractivity (Wildman–Crippen MR) is 145 cm³/mol. The van der Waals surface area contributed by atoms with Crippen LogP contribution in [0.1, 0.15) is 28.8 Å². The Morgan fingerprint density at radius 3 is 2.41 bits per heavy atom. The number of carbonyl (C=O) groups is 4. The van der Waals surface area contributed by atoms with Gasteiger partial charge < -0.3 is 36.3 Å². The molecule has 7 N–H and O–H groups in total. The lowest BCUT2D eigenvalue weighted by Gasteiger charge is -2.45. The summed E-state index contributed by atoms with van der Waals surface area (Å²) < 4.78 is 0. The van der Waals surface area contributed by atoms with Crippen LogP contribution in [-0.2, 0) is 25.6 Å². The minimum Gasteiger partial charge on any atom is -0.511 e. The Kier molecular flexibility index (Phi) is 6.93. The molecule has 12 heteroatoms. The van der Waals surface area contributed by atoms with Crippen molar-refractivity contribution in [1.82, 2.24) is 5.06 Å². The maximum Gasteiger partial charge on any atom is 0.255 e. The van der Waals surface area contributed by atoms with Crippen molar-refractivity contribution in [3.63, 3.8) is 0 Å². The van der Waals surface area contributed by atoms with Crippen LogP contribution in [0, 0.1) is 11.8 Å². The lowest BCUT2D eigenvalue weighted by Crippen LogP contribution is -2.57. The van der Waals surface area contributed by atoms with Gasteiger partial charge in [0.1, 0.15) is 29.4 Å². The number of hydrogen-bond acceptors (Lipinski definition) is 10. The number of nitrogens with two attached hydrogens (primary N) is 1. The first kappa shape index (κ1) is 28.0. The number of aliphatic hydroxyl groups excluding tert-OH is 2. The van der Waals surface area contributed by atoms with Gasteiger partial charge in [-0.25, -0.2) is 0 Å². The van der Waals surface area contributed by atoms with Crippen molar-refractivity contribution in [2.24, 2.45) is 17.6 Å². The number of phenols is 1. The number of Topliss-reactive ketones (excluding diaryl/α,β-unsaturated/α-hetero) is 2. The molecule has 0 aromatic heterocycles. The maximum atomic E-state index is 13.7. The van der Waals surface area contributed by atoms with Gasteiger partial charge >= 0.3 is 0 Å². The minimum absolute atomic E-state index is 0.0229. The Hall–Kier alpha value is -4.52. The zero-order valence-electron chi connectivity index (χ0n) is 22.3. The van der Waals surface area contributed by atoms with Gasteiger partial charge in [-0.1, -0.05) is 18.2 Å². The van der Waals surface area contributed by atoms with E-state index in [1.54, 1.807) is 37.4 Å². The van der Waals surface area contributed by atoms with Gasteiger partial charge in [0.05, 0.1) is 12.7 Å². The summed E-state index contributed by atoms with van der Waals surface area (Å²) in [6, 6.07) is 9.90. The van der Waals surface area contributed by atoms with Gasteiger partial charge in [-0.2, -0.15) is 5.06 Å². The molecule has 0 unspecified atom stereocenters. The molecule has 2 amide bonds. The van der Waals surface area contributed by atoms with Crippen LogP contribution in [0.4, 0.5) is 5.69 Å². The molecule has 0 fully saturated rings. The molecule has 41 heavy (non-hydrogen) atoms. The highest BCUT2D eigenvalue weighted by atomic mass is 16.7. The van der Waals surface area contributed by atoms with E-state index < -0.39 is 52.0 Å². The van der Waals surface area contributed by atoms with E-state index >= 15 is 0 Å². The number of primary amides is 1. The average Bonchev–Trinajstić information content (AvgIpc) is 2.91. The fourth-order valence-electron chi connectivity index (χ4n) is 6.09. The number of hydroxylamine groups is 2. The van der Waals surface area contributed by atoms with Crippen LogP contribution >= 0.6 is 0 Å². The molecule has 2 aromatic carbocycles. The van der Waals surface area contributed by atoms with Crippen LogP contribution in [0.15, 0.2) is 59.1 Å². The third kappa shape index (κ3) is 4.46. The average molecular weight is 564 g/mol. The summed E-state index contributed by atoms with van der Waals surface area (Å²) in [5, 5.41) is 47.7. The molecule has 0 aliphatic heterocycles. The van der Waals surface area contributed by atoms with E-state index in [0.717, 1.165) is 0 Å². The summed E-state index contributed by atoms with van der Waals surface area (Å²) in [4.78, 5) is 55.8. The van der Waals surface area contributed by atoms with Crippen molar-refractivity contribution in [3.05, 3.63) is 70.2 Å². The Morgan fingerprint density at radius 1 is 1.10 bits per heavy atom. The van der Waals surface area contributed by atoms with Crippen LogP contribution in [0.2, 0.25) is 0 Å². The molecule has 3 aliphatic rings. The molecule has 0 radical (unpaired) electrons. The van der Waals surface area contributed by atoms with Gasteiger partial charge in [-0.15, -0.1) is 0 Å². The largest absolute Gasteiger partial charge is 0.511 e. The fourth-order valence-corrected chi connectivity index (χ4v) is 6.09. The van der Waals surface area contributed by atoms with Crippen LogP contribution in [0.3, 0.4) is 0 Å².